The van der Waals surface area contributed by atoms with Crippen LogP contribution in [0.5, 0.6) is 0 Å². The normalized spacial score (nSPS) is 14.4. The number of benzene rings is 1. The Morgan fingerprint density at radius 3 is 2.61 bits per heavy atom. The molecule has 1 aromatic rings. The first-order valence-electron chi connectivity index (χ1n) is 7.23. The molecular weight excluding hydrogens is 220 g/mol. The zero-order valence-corrected chi connectivity index (χ0v) is 12.1. The van der Waals surface area contributed by atoms with Crippen LogP contribution in [-0.4, -0.2) is 0 Å². The summed E-state index contributed by atoms with van der Waals surface area (Å²) in [5.74, 6) is 6.51. The van der Waals surface area contributed by atoms with E-state index in [1.165, 1.54) is 36.8 Å². The van der Waals surface area contributed by atoms with E-state index >= 15 is 0 Å². The fourth-order valence-corrected chi connectivity index (χ4v) is 2.50. The van der Waals surface area contributed by atoms with E-state index in [-0.39, 0.29) is 6.04 Å². The van der Waals surface area contributed by atoms with Gasteiger partial charge in [-0.3, -0.25) is 11.3 Å². The predicted octanol–water partition coefficient (Wildman–Crippen LogP) is 4.11. The molecule has 2 atom stereocenters. The van der Waals surface area contributed by atoms with Gasteiger partial charge in [-0.2, -0.15) is 0 Å². The molecule has 0 saturated heterocycles. The van der Waals surface area contributed by atoms with Gasteiger partial charge in [0.15, 0.2) is 0 Å². The molecule has 0 heterocycles. The molecular formula is C16H28N2. The van der Waals surface area contributed by atoms with Crippen LogP contribution in [-0.2, 0) is 0 Å². The van der Waals surface area contributed by atoms with E-state index < -0.39 is 0 Å². The Kier molecular flexibility index (Phi) is 6.99. The van der Waals surface area contributed by atoms with Gasteiger partial charge >= 0.3 is 0 Å². The maximum Gasteiger partial charge on any atom is 0.0462 e. The Hall–Kier alpha value is -0.860. The van der Waals surface area contributed by atoms with E-state index in [1.54, 1.807) is 0 Å². The average Bonchev–Trinajstić information content (AvgIpc) is 2.39. The van der Waals surface area contributed by atoms with Crippen molar-refractivity contribution >= 4 is 0 Å². The van der Waals surface area contributed by atoms with Gasteiger partial charge in [0.1, 0.15) is 0 Å². The first-order chi connectivity index (χ1) is 8.71. The highest BCUT2D eigenvalue weighted by Crippen LogP contribution is 2.26. The summed E-state index contributed by atoms with van der Waals surface area (Å²) in [5.41, 5.74) is 5.60. The highest BCUT2D eigenvalue weighted by atomic mass is 15.2. The third kappa shape index (κ3) is 4.79. The number of hydrazine groups is 1. The highest BCUT2D eigenvalue weighted by molar-refractivity contribution is 5.25. The number of hydrogen-bond donors (Lipinski definition) is 2. The van der Waals surface area contributed by atoms with Gasteiger partial charge in [-0.05, 0) is 24.8 Å². The summed E-state index contributed by atoms with van der Waals surface area (Å²) < 4.78 is 0. The van der Waals surface area contributed by atoms with Gasteiger partial charge in [-0.15, -0.1) is 0 Å². The van der Waals surface area contributed by atoms with E-state index in [0.717, 1.165) is 12.3 Å². The van der Waals surface area contributed by atoms with E-state index in [2.05, 4.69) is 50.5 Å². The number of nitrogens with two attached hydrogens (primary N) is 1. The molecule has 18 heavy (non-hydrogen) atoms. The summed E-state index contributed by atoms with van der Waals surface area (Å²) in [6, 6.07) is 8.93. The minimum atomic E-state index is 0.284. The van der Waals surface area contributed by atoms with Crippen LogP contribution in [0.3, 0.4) is 0 Å². The Morgan fingerprint density at radius 2 is 2.06 bits per heavy atom. The minimum absolute atomic E-state index is 0.284. The van der Waals surface area contributed by atoms with Crippen LogP contribution in [0.1, 0.15) is 63.1 Å². The number of aryl methyl sites for hydroxylation is 1. The minimum Gasteiger partial charge on any atom is -0.271 e. The van der Waals surface area contributed by atoms with Crippen molar-refractivity contribution in [3.05, 3.63) is 35.4 Å². The first kappa shape index (κ1) is 15.2. The van der Waals surface area contributed by atoms with Crippen molar-refractivity contribution < 1.29 is 0 Å². The summed E-state index contributed by atoms with van der Waals surface area (Å²) >= 11 is 0. The van der Waals surface area contributed by atoms with Crippen molar-refractivity contribution in [2.24, 2.45) is 11.8 Å². The molecule has 0 amide bonds. The SMILES string of the molecule is CCCCC(CC)CC(NN)c1cccc(C)c1. The van der Waals surface area contributed by atoms with Crippen molar-refractivity contribution in [2.75, 3.05) is 0 Å². The van der Waals surface area contributed by atoms with Gasteiger partial charge in [0.2, 0.25) is 0 Å². The summed E-state index contributed by atoms with van der Waals surface area (Å²) in [4.78, 5) is 0. The van der Waals surface area contributed by atoms with Gasteiger partial charge < -0.3 is 0 Å². The maximum atomic E-state index is 5.74. The summed E-state index contributed by atoms with van der Waals surface area (Å²) in [5, 5.41) is 0. The molecule has 0 bridgehead atoms. The van der Waals surface area contributed by atoms with Crippen molar-refractivity contribution in [1.29, 1.82) is 0 Å². The molecule has 0 fully saturated rings. The van der Waals surface area contributed by atoms with Gasteiger partial charge in [0.25, 0.3) is 0 Å². The lowest BCUT2D eigenvalue weighted by Crippen LogP contribution is -2.29. The molecule has 0 radical (unpaired) electrons. The second-order valence-corrected chi connectivity index (χ2v) is 5.29. The lowest BCUT2D eigenvalue weighted by Gasteiger charge is -2.23. The molecule has 0 spiro atoms. The van der Waals surface area contributed by atoms with Crippen molar-refractivity contribution in [3.63, 3.8) is 0 Å². The average molecular weight is 248 g/mol. The molecule has 3 N–H and O–H groups in total. The van der Waals surface area contributed by atoms with Crippen molar-refractivity contribution in [1.82, 2.24) is 5.43 Å². The Labute approximate surface area is 112 Å². The molecule has 102 valence electrons. The smallest absolute Gasteiger partial charge is 0.0462 e. The second-order valence-electron chi connectivity index (χ2n) is 5.29. The molecule has 0 aromatic heterocycles. The number of nitrogens with one attached hydrogen (secondary N) is 1. The quantitative estimate of drug-likeness (QED) is 0.537. The summed E-state index contributed by atoms with van der Waals surface area (Å²) in [7, 11) is 0. The molecule has 2 unspecified atom stereocenters. The molecule has 1 aromatic carbocycles. The molecule has 0 aliphatic heterocycles. The fraction of sp³-hybridized carbons (Fsp3) is 0.625. The van der Waals surface area contributed by atoms with Crippen molar-refractivity contribution in [2.45, 2.75) is 58.9 Å². The lowest BCUT2D eigenvalue weighted by atomic mass is 9.89. The maximum absolute atomic E-state index is 5.74. The largest absolute Gasteiger partial charge is 0.271 e. The van der Waals surface area contributed by atoms with Crippen LogP contribution in [0.2, 0.25) is 0 Å². The zero-order valence-electron chi connectivity index (χ0n) is 12.1. The fourth-order valence-electron chi connectivity index (χ4n) is 2.50. The van der Waals surface area contributed by atoms with E-state index in [9.17, 15) is 0 Å². The van der Waals surface area contributed by atoms with Crippen molar-refractivity contribution in [3.8, 4) is 0 Å². The summed E-state index contributed by atoms with van der Waals surface area (Å²) in [6.07, 6.45) is 6.29. The Bertz CT molecular complexity index is 336. The number of hydrogen-bond acceptors (Lipinski definition) is 2. The Balaban J connectivity index is 2.65. The summed E-state index contributed by atoms with van der Waals surface area (Å²) in [6.45, 7) is 6.67. The molecule has 2 nitrogen and oxygen atoms in total. The zero-order chi connectivity index (χ0) is 13.4. The lowest BCUT2D eigenvalue weighted by molar-refractivity contribution is 0.356. The van der Waals surface area contributed by atoms with Crippen LogP contribution < -0.4 is 11.3 Å². The molecule has 1 rings (SSSR count). The third-order valence-electron chi connectivity index (χ3n) is 3.76. The standard InChI is InChI=1S/C16H28N2/c1-4-6-9-14(5-2)12-16(18-17)15-10-7-8-13(3)11-15/h7-8,10-11,14,16,18H,4-6,9,12,17H2,1-3H3. The topological polar surface area (TPSA) is 38.0 Å². The van der Waals surface area contributed by atoms with Crippen LogP contribution in [0, 0.1) is 12.8 Å². The van der Waals surface area contributed by atoms with Gasteiger partial charge in [0, 0.05) is 6.04 Å². The number of unbranched alkanes of at least 4 members (excludes halogenated alkanes) is 1. The molecule has 0 aliphatic carbocycles. The van der Waals surface area contributed by atoms with E-state index in [1.807, 2.05) is 0 Å². The Morgan fingerprint density at radius 1 is 1.28 bits per heavy atom. The molecule has 0 aliphatic rings. The predicted molar refractivity (Wildman–Crippen MR) is 79.2 cm³/mol. The second kappa shape index (κ2) is 8.28. The monoisotopic (exact) mass is 248 g/mol. The van der Waals surface area contributed by atoms with Gasteiger partial charge in [0.05, 0.1) is 0 Å². The van der Waals surface area contributed by atoms with E-state index in [0.29, 0.717) is 0 Å². The van der Waals surface area contributed by atoms with Gasteiger partial charge in [-0.25, -0.2) is 0 Å². The van der Waals surface area contributed by atoms with Crippen LogP contribution >= 0.6 is 0 Å². The number of rotatable bonds is 8. The van der Waals surface area contributed by atoms with E-state index in [4.69, 9.17) is 5.84 Å². The molecule has 0 saturated carbocycles. The van der Waals surface area contributed by atoms with Crippen LogP contribution in [0.25, 0.3) is 0 Å². The van der Waals surface area contributed by atoms with Crippen LogP contribution in [0.4, 0.5) is 0 Å². The highest BCUT2D eigenvalue weighted by Gasteiger charge is 2.15. The third-order valence-corrected chi connectivity index (χ3v) is 3.76. The van der Waals surface area contributed by atoms with Crippen LogP contribution in [0.15, 0.2) is 24.3 Å². The molecule has 2 heteroatoms. The first-order valence-corrected chi connectivity index (χ1v) is 7.23. The van der Waals surface area contributed by atoms with Gasteiger partial charge in [-0.1, -0.05) is 69.4 Å².